The van der Waals surface area contributed by atoms with Crippen LogP contribution in [0.5, 0.6) is 0 Å². The number of carbonyl (C=O) groups excluding carboxylic acids is 1. The number of aromatic nitrogens is 2. The van der Waals surface area contributed by atoms with Crippen molar-refractivity contribution in [1.82, 2.24) is 14.9 Å². The normalized spacial score (nSPS) is 17.3. The lowest BCUT2D eigenvalue weighted by molar-refractivity contribution is -0.131. The Morgan fingerprint density at radius 3 is 2.77 bits per heavy atom. The van der Waals surface area contributed by atoms with Crippen molar-refractivity contribution in [2.75, 3.05) is 13.1 Å². The van der Waals surface area contributed by atoms with Crippen molar-refractivity contribution in [3.05, 3.63) is 62.3 Å². The van der Waals surface area contributed by atoms with E-state index in [1.807, 2.05) is 0 Å². The first-order valence-electron chi connectivity index (χ1n) is 10.7. The fourth-order valence-corrected chi connectivity index (χ4v) is 5.96. The lowest BCUT2D eigenvalue weighted by atomic mass is 9.95. The molecule has 2 aromatic heterocycles. The summed E-state index contributed by atoms with van der Waals surface area (Å²) < 4.78 is 13.8. The van der Waals surface area contributed by atoms with E-state index in [0.29, 0.717) is 18.7 Å². The fourth-order valence-electron chi connectivity index (χ4n) is 4.69. The Hall–Kier alpha value is -2.54. The molecule has 0 bridgehead atoms. The number of aryl methyl sites for hydroxylation is 2. The Morgan fingerprint density at radius 1 is 1.20 bits per heavy atom. The third-order valence-electron chi connectivity index (χ3n) is 6.38. The van der Waals surface area contributed by atoms with Crippen LogP contribution in [0.2, 0.25) is 0 Å². The number of nitrogens with one attached hydrogen (secondary N) is 1. The molecule has 7 heteroatoms. The van der Waals surface area contributed by atoms with E-state index >= 15 is 0 Å². The summed E-state index contributed by atoms with van der Waals surface area (Å²) in [4.78, 5) is 37.2. The van der Waals surface area contributed by atoms with Crippen molar-refractivity contribution in [3.8, 4) is 0 Å². The predicted octanol–water partition coefficient (Wildman–Crippen LogP) is 3.95. The molecule has 0 saturated carbocycles. The highest BCUT2D eigenvalue weighted by Crippen LogP contribution is 2.35. The molecule has 1 amide bonds. The number of carbonyl (C=O) groups is 1. The van der Waals surface area contributed by atoms with Gasteiger partial charge in [0.2, 0.25) is 5.91 Å². The van der Waals surface area contributed by atoms with Gasteiger partial charge < -0.3 is 9.88 Å². The number of nitrogens with zero attached hydrogens (tertiary/aromatic N) is 2. The summed E-state index contributed by atoms with van der Waals surface area (Å²) in [6.07, 6.45) is 5.93. The van der Waals surface area contributed by atoms with Crippen LogP contribution in [-0.4, -0.2) is 33.9 Å². The van der Waals surface area contributed by atoms with Crippen molar-refractivity contribution in [3.63, 3.8) is 0 Å². The Bertz CT molecular complexity index is 1160. The molecule has 156 valence electrons. The van der Waals surface area contributed by atoms with Crippen molar-refractivity contribution in [1.29, 1.82) is 0 Å². The standard InChI is InChI=1S/C23H24FN3O2S/c24-17-7-3-1-5-15(17)13-19(28)27-11-9-14(10-12-27)21-25-22(29)20-16-6-2-4-8-18(16)30-23(20)26-21/h1,3,5,7,14H,2,4,6,8-13H2,(H,25,26,29). The first-order valence-corrected chi connectivity index (χ1v) is 11.5. The summed E-state index contributed by atoms with van der Waals surface area (Å²) in [7, 11) is 0. The minimum atomic E-state index is -0.338. The molecule has 1 N–H and O–H groups in total. The van der Waals surface area contributed by atoms with E-state index in [1.54, 1.807) is 34.4 Å². The van der Waals surface area contributed by atoms with Crippen LogP contribution in [0.25, 0.3) is 10.2 Å². The molecule has 3 aromatic rings. The number of benzene rings is 1. The van der Waals surface area contributed by atoms with Crippen LogP contribution >= 0.6 is 11.3 Å². The molecule has 1 aliphatic carbocycles. The van der Waals surface area contributed by atoms with Gasteiger partial charge in [-0.1, -0.05) is 18.2 Å². The number of thiophene rings is 1. The first-order chi connectivity index (χ1) is 14.6. The van der Waals surface area contributed by atoms with E-state index in [0.717, 1.165) is 48.1 Å². The number of likely N-dealkylation sites (tertiary alicyclic amines) is 1. The Labute approximate surface area is 178 Å². The van der Waals surface area contributed by atoms with Crippen LogP contribution in [0, 0.1) is 5.82 Å². The van der Waals surface area contributed by atoms with Gasteiger partial charge in [-0.25, -0.2) is 9.37 Å². The third-order valence-corrected chi connectivity index (χ3v) is 7.56. The average molecular weight is 426 g/mol. The molecule has 3 heterocycles. The molecule has 1 saturated heterocycles. The largest absolute Gasteiger partial charge is 0.342 e. The molecule has 5 nitrogen and oxygen atoms in total. The molecule has 0 spiro atoms. The zero-order valence-corrected chi connectivity index (χ0v) is 17.6. The molecule has 0 atom stereocenters. The molecular formula is C23H24FN3O2S. The highest BCUT2D eigenvalue weighted by molar-refractivity contribution is 7.18. The number of halogens is 1. The molecule has 2 aliphatic rings. The SMILES string of the molecule is O=C(Cc1ccccc1F)N1CCC(c2nc3sc4c(c3c(=O)[nH]2)CCCC4)CC1. The number of piperidine rings is 1. The second-order valence-electron chi connectivity index (χ2n) is 8.27. The smallest absolute Gasteiger partial charge is 0.259 e. The van der Waals surface area contributed by atoms with Crippen LogP contribution in [0.3, 0.4) is 0 Å². The van der Waals surface area contributed by atoms with E-state index in [-0.39, 0.29) is 29.6 Å². The van der Waals surface area contributed by atoms with Crippen molar-refractivity contribution >= 4 is 27.5 Å². The minimum Gasteiger partial charge on any atom is -0.342 e. The van der Waals surface area contributed by atoms with Gasteiger partial charge in [-0.15, -0.1) is 11.3 Å². The number of aromatic amines is 1. The Balaban J connectivity index is 1.29. The lowest BCUT2D eigenvalue weighted by Gasteiger charge is -2.31. The van der Waals surface area contributed by atoms with Crippen LogP contribution in [0.1, 0.15) is 53.4 Å². The maximum absolute atomic E-state index is 13.8. The maximum Gasteiger partial charge on any atom is 0.259 e. The van der Waals surface area contributed by atoms with Gasteiger partial charge in [-0.3, -0.25) is 9.59 Å². The van der Waals surface area contributed by atoms with Gasteiger partial charge in [0.05, 0.1) is 11.8 Å². The van der Waals surface area contributed by atoms with Gasteiger partial charge in [0.25, 0.3) is 5.56 Å². The van der Waals surface area contributed by atoms with Crippen molar-refractivity contribution < 1.29 is 9.18 Å². The van der Waals surface area contributed by atoms with E-state index in [1.165, 1.54) is 22.9 Å². The van der Waals surface area contributed by atoms with Crippen LogP contribution < -0.4 is 5.56 Å². The fraction of sp³-hybridized carbons (Fsp3) is 0.435. The molecule has 1 aromatic carbocycles. The topological polar surface area (TPSA) is 66.1 Å². The number of hydrogen-bond donors (Lipinski definition) is 1. The highest BCUT2D eigenvalue weighted by Gasteiger charge is 2.27. The molecule has 0 unspecified atom stereocenters. The number of H-pyrrole nitrogens is 1. The summed E-state index contributed by atoms with van der Waals surface area (Å²) in [5, 5.41) is 0.788. The molecular weight excluding hydrogens is 401 g/mol. The number of fused-ring (bicyclic) bond motifs is 3. The minimum absolute atomic E-state index is 0.0209. The van der Waals surface area contributed by atoms with Gasteiger partial charge >= 0.3 is 0 Å². The average Bonchev–Trinajstić information content (AvgIpc) is 3.14. The number of hydrogen-bond acceptors (Lipinski definition) is 4. The third kappa shape index (κ3) is 3.55. The summed E-state index contributed by atoms with van der Waals surface area (Å²) >= 11 is 1.67. The second kappa shape index (κ2) is 7.95. The Kier molecular flexibility index (Phi) is 5.15. The van der Waals surface area contributed by atoms with Crippen LogP contribution in [-0.2, 0) is 24.1 Å². The van der Waals surface area contributed by atoms with E-state index in [4.69, 9.17) is 4.98 Å². The summed E-state index contributed by atoms with van der Waals surface area (Å²) in [6, 6.07) is 6.42. The molecule has 1 aliphatic heterocycles. The summed E-state index contributed by atoms with van der Waals surface area (Å²) in [6.45, 7) is 1.20. The van der Waals surface area contributed by atoms with Crippen molar-refractivity contribution in [2.45, 2.75) is 50.9 Å². The van der Waals surface area contributed by atoms with Gasteiger partial charge in [0.1, 0.15) is 16.5 Å². The molecule has 1 fully saturated rings. The molecule has 30 heavy (non-hydrogen) atoms. The van der Waals surface area contributed by atoms with E-state index in [9.17, 15) is 14.0 Å². The monoisotopic (exact) mass is 425 g/mol. The van der Waals surface area contributed by atoms with Gasteiger partial charge in [0.15, 0.2) is 0 Å². The highest BCUT2D eigenvalue weighted by atomic mass is 32.1. The quantitative estimate of drug-likeness (QED) is 0.691. The Morgan fingerprint density at radius 2 is 1.97 bits per heavy atom. The predicted molar refractivity (Wildman–Crippen MR) is 116 cm³/mol. The van der Waals surface area contributed by atoms with E-state index in [2.05, 4.69) is 4.98 Å². The zero-order valence-electron chi connectivity index (χ0n) is 16.7. The molecule has 5 rings (SSSR count). The van der Waals surface area contributed by atoms with Crippen LogP contribution in [0.4, 0.5) is 4.39 Å². The van der Waals surface area contributed by atoms with Crippen molar-refractivity contribution in [2.24, 2.45) is 0 Å². The number of amides is 1. The van der Waals surface area contributed by atoms with Gasteiger partial charge in [-0.2, -0.15) is 0 Å². The maximum atomic E-state index is 13.8. The summed E-state index contributed by atoms with van der Waals surface area (Å²) in [5.74, 6) is 0.488. The second-order valence-corrected chi connectivity index (χ2v) is 9.35. The van der Waals surface area contributed by atoms with Gasteiger partial charge in [0, 0.05) is 23.9 Å². The number of rotatable bonds is 3. The lowest BCUT2D eigenvalue weighted by Crippen LogP contribution is -2.39. The van der Waals surface area contributed by atoms with E-state index < -0.39 is 0 Å². The van der Waals surface area contributed by atoms with Crippen LogP contribution in [0.15, 0.2) is 29.1 Å². The zero-order chi connectivity index (χ0) is 20.7. The summed E-state index contributed by atoms with van der Waals surface area (Å²) in [5.41, 5.74) is 1.62. The first kappa shape index (κ1) is 19.4. The van der Waals surface area contributed by atoms with Gasteiger partial charge in [-0.05, 0) is 55.7 Å². The molecule has 0 radical (unpaired) electrons.